The maximum absolute atomic E-state index is 9.56. The van der Waals surface area contributed by atoms with E-state index in [-0.39, 0.29) is 5.75 Å². The third-order valence-corrected chi connectivity index (χ3v) is 3.36. The van der Waals surface area contributed by atoms with Crippen molar-refractivity contribution in [1.29, 1.82) is 0 Å². The summed E-state index contributed by atoms with van der Waals surface area (Å²) >= 11 is 0. The van der Waals surface area contributed by atoms with Gasteiger partial charge in [-0.05, 0) is 68.7 Å². The number of phenolic OH excluding ortho intramolecular Hbond substituents is 2. The van der Waals surface area contributed by atoms with E-state index < -0.39 is 0 Å². The highest BCUT2D eigenvalue weighted by Gasteiger charge is 2.03. The maximum Gasteiger partial charge on any atom is 0.141 e. The maximum atomic E-state index is 9.56. The van der Waals surface area contributed by atoms with E-state index in [1.54, 1.807) is 18.2 Å². The zero-order valence-corrected chi connectivity index (χ0v) is 13.4. The largest absolute Gasteiger partial charge is 0.508 e. The lowest BCUT2D eigenvalue weighted by molar-refractivity contribution is 0.474. The van der Waals surface area contributed by atoms with Gasteiger partial charge in [0.15, 0.2) is 0 Å². The first-order valence-electron chi connectivity index (χ1n) is 7.20. The summed E-state index contributed by atoms with van der Waals surface area (Å²) < 4.78 is 0. The average Bonchev–Trinajstić information content (AvgIpc) is 2.39. The summed E-state index contributed by atoms with van der Waals surface area (Å²) in [6, 6.07) is 13.0. The van der Waals surface area contributed by atoms with E-state index in [1.165, 1.54) is 0 Å². The van der Waals surface area contributed by atoms with E-state index in [0.29, 0.717) is 11.3 Å². The Kier molecular flexibility index (Phi) is 4.66. The molecule has 1 aromatic heterocycles. The molecule has 22 heavy (non-hydrogen) atoms. The zero-order chi connectivity index (χ0) is 16.3. The molecule has 0 fully saturated rings. The number of aryl methyl sites for hydroxylation is 4. The van der Waals surface area contributed by atoms with Gasteiger partial charge < -0.3 is 10.2 Å². The van der Waals surface area contributed by atoms with Crippen molar-refractivity contribution >= 4 is 10.9 Å². The smallest absolute Gasteiger partial charge is 0.141 e. The summed E-state index contributed by atoms with van der Waals surface area (Å²) in [5.41, 5.74) is 4.99. The number of benzene rings is 2. The number of rotatable bonds is 0. The monoisotopic (exact) mass is 295 g/mol. The first-order valence-corrected chi connectivity index (χ1v) is 7.20. The highest BCUT2D eigenvalue weighted by Crippen LogP contribution is 2.25. The molecule has 0 bridgehead atoms. The van der Waals surface area contributed by atoms with Crippen molar-refractivity contribution in [3.05, 3.63) is 64.8 Å². The van der Waals surface area contributed by atoms with Crippen molar-refractivity contribution < 1.29 is 10.2 Å². The van der Waals surface area contributed by atoms with Crippen molar-refractivity contribution in [2.45, 2.75) is 27.7 Å². The van der Waals surface area contributed by atoms with Crippen LogP contribution in [0.1, 0.15) is 22.4 Å². The van der Waals surface area contributed by atoms with Gasteiger partial charge in [0.05, 0.1) is 0 Å². The summed E-state index contributed by atoms with van der Waals surface area (Å²) in [5.74, 6) is 0.608. The van der Waals surface area contributed by atoms with E-state index in [1.807, 2.05) is 52.0 Å². The first kappa shape index (κ1) is 15.8. The summed E-state index contributed by atoms with van der Waals surface area (Å²) in [6.07, 6.45) is 0. The number of para-hydroxylation sites is 1. The molecule has 3 rings (SSSR count). The minimum absolute atomic E-state index is 0.254. The molecular formula is C19H21NO2. The second kappa shape index (κ2) is 6.48. The Bertz CT molecular complexity index is 759. The fourth-order valence-corrected chi connectivity index (χ4v) is 2.52. The van der Waals surface area contributed by atoms with Crippen LogP contribution in [0.25, 0.3) is 10.9 Å². The van der Waals surface area contributed by atoms with Gasteiger partial charge in [0.25, 0.3) is 0 Å². The summed E-state index contributed by atoms with van der Waals surface area (Å²) in [4.78, 5) is 4.29. The molecule has 0 radical (unpaired) electrons. The second-order valence-corrected chi connectivity index (χ2v) is 5.60. The Balaban J connectivity index is 0.000000172. The van der Waals surface area contributed by atoms with Crippen LogP contribution in [0.15, 0.2) is 42.5 Å². The van der Waals surface area contributed by atoms with E-state index >= 15 is 0 Å². The molecule has 0 aliphatic heterocycles. The van der Waals surface area contributed by atoms with Gasteiger partial charge in [-0.1, -0.05) is 18.2 Å². The Morgan fingerprint density at radius 2 is 1.45 bits per heavy atom. The topological polar surface area (TPSA) is 53.4 Å². The van der Waals surface area contributed by atoms with Gasteiger partial charge in [-0.15, -0.1) is 0 Å². The molecule has 1 heterocycles. The fraction of sp³-hybridized carbons (Fsp3) is 0.211. The molecule has 0 atom stereocenters. The van der Waals surface area contributed by atoms with Crippen LogP contribution >= 0.6 is 0 Å². The molecular weight excluding hydrogens is 274 g/mol. The van der Waals surface area contributed by atoms with Crippen LogP contribution in [0.3, 0.4) is 0 Å². The van der Waals surface area contributed by atoms with Crippen LogP contribution in [-0.2, 0) is 0 Å². The third kappa shape index (κ3) is 3.76. The van der Waals surface area contributed by atoms with Gasteiger partial charge in [-0.3, -0.25) is 0 Å². The highest BCUT2D eigenvalue weighted by atomic mass is 16.3. The van der Waals surface area contributed by atoms with Crippen molar-refractivity contribution in [3.8, 4) is 11.5 Å². The standard InChI is InChI=1S/C11H11NO.C8H10O/c1-7-6-8(2)12-11-9(7)4-3-5-10(11)13;1-6-3-7(2)5-8(9)4-6/h3-6,13H,1-2H3;3-5,9H,1-2H3. The van der Waals surface area contributed by atoms with Crippen LogP contribution in [0.5, 0.6) is 11.5 Å². The summed E-state index contributed by atoms with van der Waals surface area (Å²) in [5, 5.41) is 19.6. The third-order valence-electron chi connectivity index (χ3n) is 3.36. The number of hydrogen-bond donors (Lipinski definition) is 2. The van der Waals surface area contributed by atoms with Gasteiger partial charge in [-0.25, -0.2) is 4.98 Å². The minimum atomic E-state index is 0.254. The summed E-state index contributed by atoms with van der Waals surface area (Å²) in [7, 11) is 0. The molecule has 3 heteroatoms. The second-order valence-electron chi connectivity index (χ2n) is 5.60. The number of aromatic nitrogens is 1. The number of pyridine rings is 1. The molecule has 114 valence electrons. The Morgan fingerprint density at radius 3 is 2.05 bits per heavy atom. The highest BCUT2D eigenvalue weighted by molar-refractivity contribution is 5.87. The first-order chi connectivity index (χ1) is 10.4. The number of hydrogen-bond acceptors (Lipinski definition) is 3. The molecule has 0 aliphatic carbocycles. The van der Waals surface area contributed by atoms with Gasteiger partial charge in [0.1, 0.15) is 17.0 Å². The van der Waals surface area contributed by atoms with Crippen LogP contribution in [0, 0.1) is 27.7 Å². The van der Waals surface area contributed by atoms with Crippen molar-refractivity contribution in [2.24, 2.45) is 0 Å². The zero-order valence-electron chi connectivity index (χ0n) is 13.4. The molecule has 0 saturated carbocycles. The van der Waals surface area contributed by atoms with E-state index in [9.17, 15) is 5.11 Å². The van der Waals surface area contributed by atoms with Crippen LogP contribution in [0.4, 0.5) is 0 Å². The molecule has 3 aromatic rings. The molecule has 3 nitrogen and oxygen atoms in total. The van der Waals surface area contributed by atoms with Gasteiger partial charge in [0, 0.05) is 11.1 Å². The molecule has 0 spiro atoms. The molecule has 2 N–H and O–H groups in total. The van der Waals surface area contributed by atoms with Crippen molar-refractivity contribution in [3.63, 3.8) is 0 Å². The van der Waals surface area contributed by atoms with Crippen LogP contribution < -0.4 is 0 Å². The summed E-state index contributed by atoms with van der Waals surface area (Å²) in [6.45, 7) is 7.88. The van der Waals surface area contributed by atoms with Crippen molar-refractivity contribution in [1.82, 2.24) is 4.98 Å². The Labute approximate surface area is 130 Å². The Hall–Kier alpha value is -2.55. The number of aromatic hydroxyl groups is 2. The number of phenols is 2. The van der Waals surface area contributed by atoms with Gasteiger partial charge in [-0.2, -0.15) is 0 Å². The van der Waals surface area contributed by atoms with Crippen molar-refractivity contribution in [2.75, 3.05) is 0 Å². The number of fused-ring (bicyclic) bond motifs is 1. The quantitative estimate of drug-likeness (QED) is 0.639. The molecule has 0 amide bonds. The number of nitrogens with zero attached hydrogens (tertiary/aromatic N) is 1. The molecule has 0 aliphatic rings. The van der Waals surface area contributed by atoms with E-state index in [2.05, 4.69) is 4.98 Å². The lowest BCUT2D eigenvalue weighted by Crippen LogP contribution is -1.87. The van der Waals surface area contributed by atoms with Crippen LogP contribution in [0.2, 0.25) is 0 Å². The lowest BCUT2D eigenvalue weighted by Gasteiger charge is -2.04. The Morgan fingerprint density at radius 1 is 0.818 bits per heavy atom. The van der Waals surface area contributed by atoms with Crippen LogP contribution in [-0.4, -0.2) is 15.2 Å². The molecule has 0 unspecified atom stereocenters. The molecule has 0 saturated heterocycles. The van der Waals surface area contributed by atoms with Gasteiger partial charge in [0.2, 0.25) is 0 Å². The fourth-order valence-electron chi connectivity index (χ4n) is 2.52. The predicted octanol–water partition coefficient (Wildman–Crippen LogP) is 4.57. The minimum Gasteiger partial charge on any atom is -0.508 e. The predicted molar refractivity (Wildman–Crippen MR) is 90.5 cm³/mol. The normalized spacial score (nSPS) is 10.2. The van der Waals surface area contributed by atoms with Gasteiger partial charge >= 0.3 is 0 Å². The molecule has 2 aromatic carbocycles. The average molecular weight is 295 g/mol. The lowest BCUT2D eigenvalue weighted by atomic mass is 10.1. The van der Waals surface area contributed by atoms with E-state index in [4.69, 9.17) is 5.11 Å². The van der Waals surface area contributed by atoms with E-state index in [0.717, 1.165) is 27.8 Å². The SMILES string of the molecule is Cc1cc(C)c2cccc(O)c2n1.Cc1cc(C)cc(O)c1.